The Labute approximate surface area is 84.4 Å². The molecule has 0 spiro atoms. The maximum Gasteiger partial charge on any atom is 0.132 e. The molecule has 14 heavy (non-hydrogen) atoms. The van der Waals surface area contributed by atoms with Gasteiger partial charge in [-0.05, 0) is 27.7 Å². The van der Waals surface area contributed by atoms with Crippen molar-refractivity contribution in [2.24, 2.45) is 27.4 Å². The molecule has 0 fully saturated rings. The number of nitrogens with two attached hydrogens (primary N) is 3. The van der Waals surface area contributed by atoms with Gasteiger partial charge in [0, 0.05) is 0 Å². The largest absolute Gasteiger partial charge is 0.386 e. The highest BCUT2D eigenvalue weighted by Crippen LogP contribution is 2.16. The number of amidine groups is 1. The van der Waals surface area contributed by atoms with Crippen LogP contribution in [0.3, 0.4) is 0 Å². The molecule has 0 aliphatic carbocycles. The maximum atomic E-state index is 7.27. The number of azo groups is 1. The molecule has 0 aromatic rings. The normalized spacial score (nSPS) is 13.9. The molecule has 0 aromatic heterocycles. The highest BCUT2D eigenvalue weighted by molar-refractivity contribution is 5.86. The smallest absolute Gasteiger partial charge is 0.132 e. The monoisotopic (exact) mass is 200 g/mol. The van der Waals surface area contributed by atoms with Gasteiger partial charge >= 0.3 is 0 Å². The Morgan fingerprint density at radius 1 is 1.14 bits per heavy atom. The van der Waals surface area contributed by atoms with Crippen LogP contribution < -0.4 is 17.2 Å². The zero-order chi connectivity index (χ0) is 11.6. The molecule has 0 atom stereocenters. The van der Waals surface area contributed by atoms with Crippen LogP contribution in [0.25, 0.3) is 0 Å². The summed E-state index contributed by atoms with van der Waals surface area (Å²) in [6.07, 6.45) is -0.589. The Kier molecular flexibility index (Phi) is 3.73. The standard InChI is InChI=1S/C8H20N6/c1-7(2,5(9)10)13-14-8(3,4)6(11)12/h5H,9-10H2,1-4H3,(H3,11,12)/b14-13+. The second kappa shape index (κ2) is 4.02. The molecular weight excluding hydrogens is 180 g/mol. The van der Waals surface area contributed by atoms with E-state index >= 15 is 0 Å². The van der Waals surface area contributed by atoms with Crippen LogP contribution in [-0.2, 0) is 0 Å². The lowest BCUT2D eigenvalue weighted by Crippen LogP contribution is -2.49. The van der Waals surface area contributed by atoms with Crippen LogP contribution in [0, 0.1) is 5.41 Å². The first-order valence-electron chi connectivity index (χ1n) is 4.39. The lowest BCUT2D eigenvalue weighted by Gasteiger charge is -2.24. The minimum absolute atomic E-state index is 0.0392. The van der Waals surface area contributed by atoms with Crippen LogP contribution in [0.1, 0.15) is 27.7 Å². The number of hydrogen-bond acceptors (Lipinski definition) is 5. The van der Waals surface area contributed by atoms with Crippen LogP contribution in [0.15, 0.2) is 10.2 Å². The van der Waals surface area contributed by atoms with E-state index in [1.54, 1.807) is 27.7 Å². The van der Waals surface area contributed by atoms with E-state index in [4.69, 9.17) is 22.6 Å². The van der Waals surface area contributed by atoms with Crippen LogP contribution in [0.4, 0.5) is 0 Å². The summed E-state index contributed by atoms with van der Waals surface area (Å²) in [5.74, 6) is -0.0392. The fourth-order valence-corrected chi connectivity index (χ4v) is 0.374. The van der Waals surface area contributed by atoms with E-state index in [1.807, 2.05) is 0 Å². The molecule has 0 aromatic carbocycles. The Morgan fingerprint density at radius 2 is 1.57 bits per heavy atom. The molecule has 0 saturated carbocycles. The first-order valence-corrected chi connectivity index (χ1v) is 4.39. The Morgan fingerprint density at radius 3 is 1.86 bits per heavy atom. The van der Waals surface area contributed by atoms with Crippen molar-refractivity contribution in [1.82, 2.24) is 0 Å². The van der Waals surface area contributed by atoms with E-state index in [0.717, 1.165) is 0 Å². The summed E-state index contributed by atoms with van der Waals surface area (Å²) in [5, 5.41) is 15.2. The highest BCUT2D eigenvalue weighted by atomic mass is 15.2. The van der Waals surface area contributed by atoms with Gasteiger partial charge in [0.2, 0.25) is 0 Å². The summed E-state index contributed by atoms with van der Waals surface area (Å²) >= 11 is 0. The summed E-state index contributed by atoms with van der Waals surface area (Å²) < 4.78 is 0. The predicted octanol–water partition coefficient (Wildman–Crippen LogP) is 0.175. The van der Waals surface area contributed by atoms with E-state index in [-0.39, 0.29) is 5.84 Å². The minimum atomic E-state index is -0.799. The van der Waals surface area contributed by atoms with Crippen LogP contribution in [0.2, 0.25) is 0 Å². The van der Waals surface area contributed by atoms with Gasteiger partial charge in [-0.1, -0.05) is 0 Å². The van der Waals surface area contributed by atoms with Gasteiger partial charge in [-0.2, -0.15) is 10.2 Å². The summed E-state index contributed by atoms with van der Waals surface area (Å²) in [5.41, 5.74) is 14.9. The quantitative estimate of drug-likeness (QED) is 0.223. The van der Waals surface area contributed by atoms with Crippen molar-refractivity contribution < 1.29 is 0 Å². The van der Waals surface area contributed by atoms with E-state index in [0.29, 0.717) is 0 Å². The second-order valence-electron chi connectivity index (χ2n) is 4.35. The fourth-order valence-electron chi connectivity index (χ4n) is 0.374. The van der Waals surface area contributed by atoms with Crippen molar-refractivity contribution in [2.75, 3.05) is 0 Å². The first-order chi connectivity index (χ1) is 6.09. The topological polar surface area (TPSA) is 127 Å². The Bertz CT molecular complexity index is 240. The van der Waals surface area contributed by atoms with Gasteiger partial charge < -0.3 is 17.2 Å². The third-order valence-corrected chi connectivity index (χ3v) is 2.03. The second-order valence-corrected chi connectivity index (χ2v) is 4.35. The van der Waals surface area contributed by atoms with Gasteiger partial charge in [0.05, 0.1) is 6.17 Å². The molecule has 0 aliphatic heterocycles. The van der Waals surface area contributed by atoms with Gasteiger partial charge in [-0.15, -0.1) is 0 Å². The van der Waals surface area contributed by atoms with Crippen LogP contribution in [-0.4, -0.2) is 23.1 Å². The SMILES string of the molecule is CC(C)(/N=N/C(C)(C)C(N)N)C(=N)N. The van der Waals surface area contributed by atoms with Crippen LogP contribution in [0.5, 0.6) is 0 Å². The van der Waals surface area contributed by atoms with Gasteiger partial charge in [-0.25, -0.2) is 0 Å². The van der Waals surface area contributed by atoms with E-state index < -0.39 is 17.2 Å². The molecule has 82 valence electrons. The van der Waals surface area contributed by atoms with Crippen molar-refractivity contribution in [3.8, 4) is 0 Å². The zero-order valence-corrected chi connectivity index (χ0v) is 9.20. The number of nitrogens with zero attached hydrogens (tertiary/aromatic N) is 2. The summed E-state index contributed by atoms with van der Waals surface area (Å²) in [7, 11) is 0. The number of hydrogen-bond donors (Lipinski definition) is 4. The van der Waals surface area contributed by atoms with E-state index in [2.05, 4.69) is 10.2 Å². The lowest BCUT2D eigenvalue weighted by atomic mass is 10.0. The minimum Gasteiger partial charge on any atom is -0.386 e. The molecule has 6 nitrogen and oxygen atoms in total. The number of rotatable bonds is 4. The molecule has 0 bridgehead atoms. The first kappa shape index (κ1) is 13.0. The molecule has 6 heteroatoms. The number of nitrogens with one attached hydrogen (secondary N) is 1. The van der Waals surface area contributed by atoms with Crippen molar-refractivity contribution in [3.63, 3.8) is 0 Å². The average molecular weight is 200 g/mol. The van der Waals surface area contributed by atoms with Crippen LogP contribution >= 0.6 is 0 Å². The van der Waals surface area contributed by atoms with Crippen molar-refractivity contribution in [3.05, 3.63) is 0 Å². The van der Waals surface area contributed by atoms with Gasteiger partial charge in [-0.3, -0.25) is 5.41 Å². The maximum absolute atomic E-state index is 7.27. The van der Waals surface area contributed by atoms with E-state index in [1.165, 1.54) is 0 Å². The van der Waals surface area contributed by atoms with Crippen molar-refractivity contribution >= 4 is 5.84 Å². The predicted molar refractivity (Wildman–Crippen MR) is 57.1 cm³/mol. The highest BCUT2D eigenvalue weighted by Gasteiger charge is 2.26. The molecular formula is C8H20N6. The summed E-state index contributed by atoms with van der Waals surface area (Å²) in [4.78, 5) is 0. The molecule has 0 radical (unpaired) electrons. The third-order valence-electron chi connectivity index (χ3n) is 2.03. The molecule has 0 aliphatic rings. The zero-order valence-electron chi connectivity index (χ0n) is 9.20. The summed E-state index contributed by atoms with van der Waals surface area (Å²) in [6, 6.07) is 0. The van der Waals surface area contributed by atoms with E-state index in [9.17, 15) is 0 Å². The summed E-state index contributed by atoms with van der Waals surface area (Å²) in [6.45, 7) is 6.96. The average Bonchev–Trinajstić information content (AvgIpc) is 2.01. The van der Waals surface area contributed by atoms with Gasteiger partial charge in [0.1, 0.15) is 16.9 Å². The Hall–Kier alpha value is -1.01. The third kappa shape index (κ3) is 3.39. The fraction of sp³-hybridized carbons (Fsp3) is 0.875. The molecule has 0 amide bonds. The molecule has 0 heterocycles. The lowest BCUT2D eigenvalue weighted by molar-refractivity contribution is 0.386. The molecule has 0 unspecified atom stereocenters. The van der Waals surface area contributed by atoms with Gasteiger partial charge in [0.25, 0.3) is 0 Å². The van der Waals surface area contributed by atoms with Crippen molar-refractivity contribution in [2.45, 2.75) is 44.9 Å². The molecule has 0 saturated heterocycles. The molecule has 7 N–H and O–H groups in total. The van der Waals surface area contributed by atoms with Crippen molar-refractivity contribution in [1.29, 1.82) is 5.41 Å². The van der Waals surface area contributed by atoms with Gasteiger partial charge in [0.15, 0.2) is 0 Å². The molecule has 0 rings (SSSR count). The Balaban J connectivity index is 4.67.